The molecule has 0 spiro atoms. The monoisotopic (exact) mass is 331 g/mol. The fourth-order valence-corrected chi connectivity index (χ4v) is 3.26. The van der Waals surface area contributed by atoms with Crippen LogP contribution in [0.3, 0.4) is 0 Å². The van der Waals surface area contributed by atoms with E-state index in [1.54, 1.807) is 32.0 Å². The van der Waals surface area contributed by atoms with E-state index in [1.807, 2.05) is 6.92 Å². The molecule has 0 N–H and O–H groups in total. The molecule has 0 aliphatic heterocycles. The molecule has 0 saturated carbocycles. The second-order valence-corrected chi connectivity index (χ2v) is 8.61. The van der Waals surface area contributed by atoms with Crippen molar-refractivity contribution in [3.8, 4) is 0 Å². The van der Waals surface area contributed by atoms with Gasteiger partial charge in [0.2, 0.25) is 0 Å². The Morgan fingerprint density at radius 3 is 2.52 bits per heavy atom. The van der Waals surface area contributed by atoms with Crippen molar-refractivity contribution in [1.29, 1.82) is 0 Å². The van der Waals surface area contributed by atoms with Gasteiger partial charge in [0.05, 0.1) is 15.6 Å². The lowest BCUT2D eigenvalue weighted by molar-refractivity contribution is 0.512. The highest BCUT2D eigenvalue weighted by atomic mass is 35.5. The summed E-state index contributed by atoms with van der Waals surface area (Å²) in [4.78, 5) is 11.7. The van der Waals surface area contributed by atoms with Crippen molar-refractivity contribution in [2.75, 3.05) is 6.26 Å². The molecule has 1 heterocycles. The van der Waals surface area contributed by atoms with Crippen LogP contribution in [0.1, 0.15) is 31.7 Å². The summed E-state index contributed by atoms with van der Waals surface area (Å²) in [6.07, 6.45) is 1.16. The highest BCUT2D eigenvalue weighted by Gasteiger charge is 2.39. The summed E-state index contributed by atoms with van der Waals surface area (Å²) in [5.74, 6) is -0.432. The number of aryl methyl sites for hydroxylation is 1. The molecule has 1 aromatic heterocycles. The summed E-state index contributed by atoms with van der Waals surface area (Å²) in [5.41, 5.74) is 1.69. The molecule has 0 fully saturated rings. The Morgan fingerprint density at radius 2 is 2.00 bits per heavy atom. The Labute approximate surface area is 128 Å². The molecule has 0 saturated heterocycles. The number of alkyl halides is 1. The SMILES string of the molecule is CCn1c(=O)oc2cc(C(Cl)C(C)(C)S(C)(=O)=O)ccc21. The molecule has 0 radical (unpaired) electrons. The first kappa shape index (κ1) is 16.1. The van der Waals surface area contributed by atoms with Crippen molar-refractivity contribution in [3.05, 3.63) is 34.3 Å². The zero-order valence-electron chi connectivity index (χ0n) is 12.4. The number of aromatic nitrogens is 1. The van der Waals surface area contributed by atoms with E-state index in [0.29, 0.717) is 23.2 Å². The lowest BCUT2D eigenvalue weighted by Gasteiger charge is -2.28. The van der Waals surface area contributed by atoms with E-state index in [1.165, 1.54) is 4.57 Å². The molecule has 21 heavy (non-hydrogen) atoms. The number of halogens is 1. The van der Waals surface area contributed by atoms with Crippen molar-refractivity contribution in [1.82, 2.24) is 4.57 Å². The molecular weight excluding hydrogens is 314 g/mol. The first-order chi connectivity index (χ1) is 9.59. The highest BCUT2D eigenvalue weighted by Crippen LogP contribution is 2.38. The maximum Gasteiger partial charge on any atom is 0.419 e. The van der Waals surface area contributed by atoms with Gasteiger partial charge in [-0.25, -0.2) is 13.2 Å². The molecule has 116 valence electrons. The average molecular weight is 332 g/mol. The van der Waals surface area contributed by atoms with Gasteiger partial charge in [-0.15, -0.1) is 11.6 Å². The lowest BCUT2D eigenvalue weighted by Crippen LogP contribution is -2.35. The zero-order valence-corrected chi connectivity index (χ0v) is 14.0. The van der Waals surface area contributed by atoms with E-state index >= 15 is 0 Å². The van der Waals surface area contributed by atoms with Gasteiger partial charge in [0.1, 0.15) is 0 Å². The molecular formula is C14H18ClNO4S. The summed E-state index contributed by atoms with van der Waals surface area (Å²) in [6.45, 7) is 5.51. The van der Waals surface area contributed by atoms with Crippen LogP contribution in [0.2, 0.25) is 0 Å². The second kappa shape index (κ2) is 5.18. The summed E-state index contributed by atoms with van der Waals surface area (Å²) in [5, 5.41) is -0.743. The van der Waals surface area contributed by atoms with Gasteiger partial charge in [-0.1, -0.05) is 6.07 Å². The van der Waals surface area contributed by atoms with Crippen LogP contribution in [-0.4, -0.2) is 24.0 Å². The molecule has 2 rings (SSSR count). The van der Waals surface area contributed by atoms with Gasteiger partial charge in [0.25, 0.3) is 0 Å². The van der Waals surface area contributed by atoms with Crippen molar-refractivity contribution in [3.63, 3.8) is 0 Å². The number of oxazole rings is 1. The molecule has 0 aliphatic carbocycles. The minimum Gasteiger partial charge on any atom is -0.408 e. The van der Waals surface area contributed by atoms with Crippen LogP contribution >= 0.6 is 11.6 Å². The van der Waals surface area contributed by atoms with E-state index in [2.05, 4.69) is 0 Å². The molecule has 0 aliphatic rings. The number of rotatable bonds is 4. The smallest absolute Gasteiger partial charge is 0.408 e. The molecule has 1 atom stereocenters. The first-order valence-electron chi connectivity index (χ1n) is 6.56. The third-order valence-electron chi connectivity index (χ3n) is 3.87. The van der Waals surface area contributed by atoms with Crippen LogP contribution in [0.15, 0.2) is 27.4 Å². The van der Waals surface area contributed by atoms with Crippen LogP contribution in [-0.2, 0) is 16.4 Å². The Kier molecular flexibility index (Phi) is 3.97. The largest absolute Gasteiger partial charge is 0.419 e. The Hall–Kier alpha value is -1.27. The van der Waals surface area contributed by atoms with Gasteiger partial charge in [-0.05, 0) is 38.5 Å². The number of sulfone groups is 1. The van der Waals surface area contributed by atoms with Gasteiger partial charge >= 0.3 is 5.76 Å². The lowest BCUT2D eigenvalue weighted by atomic mass is 10.0. The van der Waals surface area contributed by atoms with Crippen LogP contribution in [0, 0.1) is 0 Å². The van der Waals surface area contributed by atoms with Gasteiger partial charge < -0.3 is 4.42 Å². The van der Waals surface area contributed by atoms with Crippen LogP contribution in [0.5, 0.6) is 0 Å². The number of hydrogen-bond donors (Lipinski definition) is 0. The number of hydrogen-bond acceptors (Lipinski definition) is 4. The summed E-state index contributed by atoms with van der Waals surface area (Å²) < 4.78 is 29.3. The van der Waals surface area contributed by atoms with Crippen molar-refractivity contribution >= 4 is 32.5 Å². The Bertz CT molecular complexity index is 832. The van der Waals surface area contributed by atoms with E-state index in [-0.39, 0.29) is 0 Å². The number of fused-ring (bicyclic) bond motifs is 1. The van der Waals surface area contributed by atoms with Gasteiger partial charge in [-0.2, -0.15) is 0 Å². The van der Waals surface area contributed by atoms with Crippen LogP contribution < -0.4 is 5.76 Å². The van der Waals surface area contributed by atoms with Crippen LogP contribution in [0.25, 0.3) is 11.1 Å². The maximum atomic E-state index is 11.9. The van der Waals surface area contributed by atoms with Gasteiger partial charge in [0.15, 0.2) is 15.4 Å². The minimum absolute atomic E-state index is 0.411. The topological polar surface area (TPSA) is 69.3 Å². The predicted octanol–water partition coefficient (Wildman–Crippen LogP) is 2.72. The Morgan fingerprint density at radius 1 is 1.38 bits per heavy atom. The molecule has 7 heteroatoms. The summed E-state index contributed by atoms with van der Waals surface area (Å²) in [7, 11) is -3.34. The number of nitrogens with zero attached hydrogens (tertiary/aromatic N) is 1. The standard InChI is InChI=1S/C14H18ClNO4S/c1-5-16-10-7-6-9(8-11(10)20-13(16)17)12(15)14(2,3)21(4,18)19/h6-8,12H,5H2,1-4H3. The van der Waals surface area contributed by atoms with Crippen molar-refractivity contribution in [2.24, 2.45) is 0 Å². The minimum atomic E-state index is -3.34. The van der Waals surface area contributed by atoms with Crippen molar-refractivity contribution < 1.29 is 12.8 Å². The van der Waals surface area contributed by atoms with E-state index in [9.17, 15) is 13.2 Å². The van der Waals surface area contributed by atoms with Crippen molar-refractivity contribution in [2.45, 2.75) is 37.4 Å². The third kappa shape index (κ3) is 2.62. The second-order valence-electron chi connectivity index (χ2n) is 5.58. The fourth-order valence-electron chi connectivity index (χ4n) is 2.13. The van der Waals surface area contributed by atoms with Gasteiger partial charge in [0, 0.05) is 12.8 Å². The normalized spacial score (nSPS) is 14.5. The summed E-state index contributed by atoms with van der Waals surface area (Å²) >= 11 is 6.36. The Balaban J connectivity index is 2.56. The number of benzene rings is 1. The molecule has 0 amide bonds. The predicted molar refractivity (Wildman–Crippen MR) is 83.7 cm³/mol. The molecule has 1 unspecified atom stereocenters. The fraction of sp³-hybridized carbons (Fsp3) is 0.500. The van der Waals surface area contributed by atoms with E-state index in [0.717, 1.165) is 6.26 Å². The quantitative estimate of drug-likeness (QED) is 0.808. The van der Waals surface area contributed by atoms with E-state index in [4.69, 9.17) is 16.0 Å². The molecule has 0 bridgehead atoms. The first-order valence-corrected chi connectivity index (χ1v) is 8.89. The third-order valence-corrected chi connectivity index (χ3v) is 6.94. The maximum absolute atomic E-state index is 11.9. The van der Waals surface area contributed by atoms with E-state index < -0.39 is 25.7 Å². The molecule has 5 nitrogen and oxygen atoms in total. The molecule has 1 aromatic carbocycles. The molecule has 2 aromatic rings. The summed E-state index contributed by atoms with van der Waals surface area (Å²) in [6, 6.07) is 5.09. The van der Waals surface area contributed by atoms with Crippen LogP contribution in [0.4, 0.5) is 0 Å². The van der Waals surface area contributed by atoms with Gasteiger partial charge in [-0.3, -0.25) is 4.57 Å². The average Bonchev–Trinajstić information content (AvgIpc) is 2.70. The highest BCUT2D eigenvalue weighted by molar-refractivity contribution is 7.92. The zero-order chi connectivity index (χ0) is 16.0.